The van der Waals surface area contributed by atoms with E-state index in [-0.39, 0.29) is 16.9 Å². The van der Waals surface area contributed by atoms with Gasteiger partial charge in [-0.1, -0.05) is 91.7 Å². The van der Waals surface area contributed by atoms with Crippen LogP contribution < -0.4 is 15.2 Å². The second-order valence-electron chi connectivity index (χ2n) is 12.2. The zero-order chi connectivity index (χ0) is 31.7. The van der Waals surface area contributed by atoms with Crippen LogP contribution >= 0.6 is 11.8 Å². The van der Waals surface area contributed by atoms with Gasteiger partial charge in [0.2, 0.25) is 5.91 Å². The Morgan fingerprint density at radius 1 is 0.848 bits per heavy atom. The van der Waals surface area contributed by atoms with Crippen LogP contribution in [-0.2, 0) is 16.6 Å². The molecular weight excluding hydrogens is 591 g/mol. The van der Waals surface area contributed by atoms with Crippen molar-refractivity contribution in [3.05, 3.63) is 131 Å². The summed E-state index contributed by atoms with van der Waals surface area (Å²) < 4.78 is 7.16. The van der Waals surface area contributed by atoms with Gasteiger partial charge in [0.05, 0.1) is 29.3 Å². The molecule has 0 saturated heterocycles. The Morgan fingerprint density at radius 3 is 2.09 bits per heavy atom. The number of nitrogens with zero attached hydrogens (tertiary/aromatic N) is 3. The number of fused-ring (bicyclic) bond motifs is 4. The first-order valence-electron chi connectivity index (χ1n) is 16.0. The minimum atomic E-state index is -0.558. The Bertz CT molecular complexity index is 1880. The first-order valence-corrected chi connectivity index (χ1v) is 16.9. The highest BCUT2D eigenvalue weighted by molar-refractivity contribution is 8.00. The highest BCUT2D eigenvalue weighted by Gasteiger charge is 2.44. The Labute approximate surface area is 274 Å². The van der Waals surface area contributed by atoms with Crippen molar-refractivity contribution in [2.75, 3.05) is 12.0 Å². The van der Waals surface area contributed by atoms with Gasteiger partial charge in [-0.05, 0) is 80.3 Å². The molecule has 0 bridgehead atoms. The summed E-state index contributed by atoms with van der Waals surface area (Å²) in [5, 5.41) is -0.0594. The van der Waals surface area contributed by atoms with Crippen molar-refractivity contribution in [3.8, 4) is 22.7 Å². The molecule has 1 aromatic heterocycles. The van der Waals surface area contributed by atoms with Crippen LogP contribution in [0.4, 0.5) is 11.4 Å². The highest BCUT2D eigenvalue weighted by atomic mass is 32.2. The van der Waals surface area contributed by atoms with Crippen LogP contribution in [0.25, 0.3) is 16.9 Å². The number of benzene rings is 4. The third-order valence-electron chi connectivity index (χ3n) is 9.40. The minimum Gasteiger partial charge on any atom is -0.497 e. The normalized spacial score (nSPS) is 15.4. The lowest BCUT2D eigenvalue weighted by molar-refractivity contribution is -0.117. The van der Waals surface area contributed by atoms with Crippen LogP contribution in [0.1, 0.15) is 50.2 Å². The fourth-order valence-corrected chi connectivity index (χ4v) is 8.13. The van der Waals surface area contributed by atoms with Gasteiger partial charge in [-0.3, -0.25) is 19.1 Å². The maximum Gasteiger partial charge on any atom is 0.263 e. The van der Waals surface area contributed by atoms with E-state index in [1.807, 2.05) is 97.9 Å². The van der Waals surface area contributed by atoms with Crippen molar-refractivity contribution in [3.63, 3.8) is 0 Å². The molecule has 1 saturated carbocycles. The second-order valence-corrected chi connectivity index (χ2v) is 13.5. The lowest BCUT2D eigenvalue weighted by atomic mass is 9.62. The summed E-state index contributed by atoms with van der Waals surface area (Å²) in [7, 11) is 1.63. The Kier molecular flexibility index (Phi) is 8.26. The number of amides is 1. The quantitative estimate of drug-likeness (QED) is 0.134. The lowest BCUT2D eigenvalue weighted by Gasteiger charge is -2.42. The van der Waals surface area contributed by atoms with E-state index in [1.54, 1.807) is 16.6 Å². The van der Waals surface area contributed by atoms with Gasteiger partial charge in [0, 0.05) is 22.4 Å². The van der Waals surface area contributed by atoms with Crippen LogP contribution in [0.5, 0.6) is 5.75 Å². The summed E-state index contributed by atoms with van der Waals surface area (Å²) in [6, 6.07) is 35.3. The van der Waals surface area contributed by atoms with Gasteiger partial charge in [0.1, 0.15) is 5.75 Å². The van der Waals surface area contributed by atoms with Gasteiger partial charge >= 0.3 is 0 Å². The average Bonchev–Trinajstić information content (AvgIpc) is 3.10. The molecule has 1 amide bonds. The zero-order valence-electron chi connectivity index (χ0n) is 26.2. The topological polar surface area (TPSA) is 64.4 Å². The lowest BCUT2D eigenvalue weighted by Crippen LogP contribution is -2.43. The summed E-state index contributed by atoms with van der Waals surface area (Å²) in [6.45, 7) is 1.90. The van der Waals surface area contributed by atoms with Gasteiger partial charge in [0.25, 0.3) is 5.56 Å². The SMILES string of the molecule is COc1ccc(-n2c(S[C@@H](C)C(=O)N(c3ccccc3)c3ccccc3)nc3c(c2=O)C2(CCCCC2)Cc2ccccc2-3)cc1. The molecule has 1 spiro atoms. The van der Waals surface area contributed by atoms with Crippen LogP contribution in [-0.4, -0.2) is 27.8 Å². The molecule has 0 aliphatic heterocycles. The van der Waals surface area contributed by atoms with E-state index in [9.17, 15) is 9.59 Å². The molecule has 7 rings (SSSR count). The predicted octanol–water partition coefficient (Wildman–Crippen LogP) is 8.51. The smallest absolute Gasteiger partial charge is 0.263 e. The fraction of sp³-hybridized carbons (Fsp3) is 0.256. The van der Waals surface area contributed by atoms with Crippen LogP contribution in [0, 0.1) is 0 Å². The molecule has 4 aromatic carbocycles. The molecule has 1 heterocycles. The van der Waals surface area contributed by atoms with Gasteiger partial charge in [-0.25, -0.2) is 4.98 Å². The summed E-state index contributed by atoms with van der Waals surface area (Å²) in [4.78, 5) is 36.4. The fourth-order valence-electron chi connectivity index (χ4n) is 7.17. The molecule has 6 nitrogen and oxygen atoms in total. The minimum absolute atomic E-state index is 0.0447. The van der Waals surface area contributed by atoms with Crippen LogP contribution in [0.3, 0.4) is 0 Å². The monoisotopic (exact) mass is 627 g/mol. The number of thioether (sulfide) groups is 1. The molecule has 7 heteroatoms. The van der Waals surface area contributed by atoms with Gasteiger partial charge in [0.15, 0.2) is 5.16 Å². The van der Waals surface area contributed by atoms with E-state index in [0.29, 0.717) is 16.6 Å². The second kappa shape index (κ2) is 12.6. The molecule has 5 aromatic rings. The first-order chi connectivity index (χ1) is 22.5. The largest absolute Gasteiger partial charge is 0.497 e. The van der Waals surface area contributed by atoms with E-state index >= 15 is 0 Å². The average molecular weight is 628 g/mol. The molecular formula is C39H37N3O3S. The zero-order valence-corrected chi connectivity index (χ0v) is 27.0. The number of hydrogen-bond donors (Lipinski definition) is 0. The van der Waals surface area contributed by atoms with E-state index in [1.165, 1.54) is 23.7 Å². The number of methoxy groups -OCH3 is 1. The van der Waals surface area contributed by atoms with Crippen molar-refractivity contribution in [2.45, 2.75) is 61.3 Å². The molecule has 46 heavy (non-hydrogen) atoms. The molecule has 1 fully saturated rings. The van der Waals surface area contributed by atoms with Crippen molar-refractivity contribution >= 4 is 29.0 Å². The number of para-hydroxylation sites is 2. The molecule has 0 radical (unpaired) electrons. The van der Waals surface area contributed by atoms with E-state index < -0.39 is 5.25 Å². The summed E-state index contributed by atoms with van der Waals surface area (Å²) in [6.07, 6.45) is 6.17. The van der Waals surface area contributed by atoms with Crippen molar-refractivity contribution < 1.29 is 9.53 Å². The first kappa shape index (κ1) is 30.1. The highest BCUT2D eigenvalue weighted by Crippen LogP contribution is 2.49. The number of carbonyl (C=O) groups excluding carboxylic acids is 1. The Hall–Kier alpha value is -4.62. The molecule has 0 N–H and O–H groups in total. The van der Waals surface area contributed by atoms with Crippen molar-refractivity contribution in [2.24, 2.45) is 0 Å². The predicted molar refractivity (Wildman–Crippen MR) is 186 cm³/mol. The summed E-state index contributed by atoms with van der Waals surface area (Å²) in [5.41, 5.74) is 5.82. The van der Waals surface area contributed by atoms with Gasteiger partial charge < -0.3 is 4.74 Å². The number of ether oxygens (including phenoxy) is 1. The number of carbonyl (C=O) groups is 1. The van der Waals surface area contributed by atoms with Crippen LogP contribution in [0.2, 0.25) is 0 Å². The number of hydrogen-bond acceptors (Lipinski definition) is 5. The molecule has 232 valence electrons. The van der Waals surface area contributed by atoms with Crippen molar-refractivity contribution in [1.82, 2.24) is 9.55 Å². The third-order valence-corrected chi connectivity index (χ3v) is 10.4. The molecule has 2 aliphatic carbocycles. The van der Waals surface area contributed by atoms with Gasteiger partial charge in [-0.2, -0.15) is 0 Å². The maximum atomic E-state index is 15.0. The molecule has 2 aliphatic rings. The Balaban J connectivity index is 1.39. The van der Waals surface area contributed by atoms with E-state index in [4.69, 9.17) is 9.72 Å². The summed E-state index contributed by atoms with van der Waals surface area (Å²) in [5.74, 6) is 0.610. The Morgan fingerprint density at radius 2 is 1.46 bits per heavy atom. The number of aromatic nitrogens is 2. The van der Waals surface area contributed by atoms with Crippen LogP contribution in [0.15, 0.2) is 119 Å². The molecule has 0 unspecified atom stereocenters. The van der Waals surface area contributed by atoms with E-state index in [0.717, 1.165) is 60.3 Å². The number of anilines is 2. The third kappa shape index (κ3) is 5.43. The summed E-state index contributed by atoms with van der Waals surface area (Å²) >= 11 is 1.33. The maximum absolute atomic E-state index is 15.0. The van der Waals surface area contributed by atoms with E-state index in [2.05, 4.69) is 18.2 Å². The standard InChI is InChI=1S/C39H37N3O3S/c1-27(36(43)41(29-15-6-3-7-16-29)30-17-8-4-9-18-30)46-38-40-35-33-19-11-10-14-28(33)26-39(24-12-5-13-25-39)34(35)37(44)42(38)31-20-22-32(45-2)23-21-31/h3-4,6-11,14-23,27H,5,12-13,24-26H2,1-2H3/t27-/m0/s1. The van der Waals surface area contributed by atoms with Gasteiger partial charge in [-0.15, -0.1) is 0 Å². The molecule has 1 atom stereocenters. The number of rotatable bonds is 7. The van der Waals surface area contributed by atoms with Crippen molar-refractivity contribution in [1.29, 1.82) is 0 Å².